The predicted octanol–water partition coefficient (Wildman–Crippen LogP) is 4.11. The number of allylic oxidation sites excluding steroid dienone is 1. The van der Waals surface area contributed by atoms with Crippen molar-refractivity contribution in [2.24, 2.45) is 0 Å². The van der Waals surface area contributed by atoms with Crippen LogP contribution in [-0.2, 0) is 6.18 Å². The fourth-order valence-electron chi connectivity index (χ4n) is 0.917. The van der Waals surface area contributed by atoms with Gasteiger partial charge in [-0.25, -0.2) is 0 Å². The summed E-state index contributed by atoms with van der Waals surface area (Å²) in [6.45, 7) is 0. The van der Waals surface area contributed by atoms with Gasteiger partial charge in [-0.1, -0.05) is 23.4 Å². The van der Waals surface area contributed by atoms with Gasteiger partial charge in [0.15, 0.2) is 5.29 Å². The number of alkyl halides is 3. The molecule has 0 atom stereocenters. The van der Waals surface area contributed by atoms with Gasteiger partial charge in [0, 0.05) is 11.6 Å². The summed E-state index contributed by atoms with van der Waals surface area (Å²) in [5, 5.41) is -0.973. The van der Waals surface area contributed by atoms with Gasteiger partial charge in [0.25, 0.3) is 0 Å². The van der Waals surface area contributed by atoms with E-state index >= 15 is 0 Å². The molecule has 0 amide bonds. The number of hydrogen-bond acceptors (Lipinski definition) is 0. The molecule has 84 valence electrons. The maximum atomic E-state index is 12.2. The smallest absolute Gasteiger partial charge is 0.193 e. The van der Waals surface area contributed by atoms with Crippen LogP contribution in [0, 0.1) is 11.8 Å². The van der Waals surface area contributed by atoms with Gasteiger partial charge in [-0.2, -0.15) is 17.6 Å². The highest BCUT2D eigenvalue weighted by Gasteiger charge is 2.29. The van der Waals surface area contributed by atoms with E-state index in [0.29, 0.717) is 5.56 Å². The monoisotopic (exact) mass is 248 g/mol. The molecule has 0 fully saturated rings. The molecule has 0 N–H and O–H groups in total. The third-order valence-electron chi connectivity index (χ3n) is 1.61. The first-order valence-electron chi connectivity index (χ1n) is 4.09. The molecule has 0 saturated carbocycles. The van der Waals surface area contributed by atoms with Crippen molar-refractivity contribution in [3.63, 3.8) is 0 Å². The summed E-state index contributed by atoms with van der Waals surface area (Å²) in [4.78, 5) is 0. The van der Waals surface area contributed by atoms with Crippen LogP contribution in [0.15, 0.2) is 35.6 Å². The van der Waals surface area contributed by atoms with Crippen molar-refractivity contribution in [1.29, 1.82) is 0 Å². The number of rotatable bonds is 0. The molecular weight excluding hydrogens is 244 g/mol. The molecule has 0 aliphatic heterocycles. The summed E-state index contributed by atoms with van der Waals surface area (Å²) in [7, 11) is 0. The SMILES string of the molecule is F/C(Cl)=C\C#Cc1ccc(C(F)(F)F)cc1. The van der Waals surface area contributed by atoms with E-state index in [1.165, 1.54) is 12.1 Å². The summed E-state index contributed by atoms with van der Waals surface area (Å²) in [6.07, 6.45) is -3.55. The van der Waals surface area contributed by atoms with Gasteiger partial charge in [-0.05, 0) is 24.3 Å². The Morgan fingerprint density at radius 3 is 2.19 bits per heavy atom. The van der Waals surface area contributed by atoms with Crippen molar-refractivity contribution in [1.82, 2.24) is 0 Å². The van der Waals surface area contributed by atoms with E-state index in [9.17, 15) is 17.6 Å². The van der Waals surface area contributed by atoms with Gasteiger partial charge in [-0.15, -0.1) is 0 Å². The lowest BCUT2D eigenvalue weighted by Crippen LogP contribution is -2.03. The summed E-state index contributed by atoms with van der Waals surface area (Å²) < 4.78 is 48.5. The minimum atomic E-state index is -4.37. The average molecular weight is 249 g/mol. The number of hydrogen-bond donors (Lipinski definition) is 0. The Morgan fingerprint density at radius 1 is 1.19 bits per heavy atom. The second-order valence-electron chi connectivity index (χ2n) is 2.78. The Morgan fingerprint density at radius 2 is 1.75 bits per heavy atom. The number of benzene rings is 1. The summed E-state index contributed by atoms with van der Waals surface area (Å²) in [6, 6.07) is 4.22. The summed E-state index contributed by atoms with van der Waals surface area (Å²) >= 11 is 4.87. The van der Waals surface area contributed by atoms with Gasteiger partial charge in [0.05, 0.1) is 5.56 Å². The Hall–Kier alpha value is -1.47. The van der Waals surface area contributed by atoms with E-state index in [4.69, 9.17) is 11.6 Å². The quantitative estimate of drug-likeness (QED) is 0.479. The maximum absolute atomic E-state index is 12.2. The Labute approximate surface area is 94.5 Å². The Bertz CT molecular complexity index is 442. The molecule has 0 spiro atoms. The first-order chi connectivity index (χ1) is 7.39. The first kappa shape index (κ1) is 12.6. The highest BCUT2D eigenvalue weighted by atomic mass is 35.5. The van der Waals surface area contributed by atoms with E-state index in [1.54, 1.807) is 0 Å². The lowest BCUT2D eigenvalue weighted by Gasteiger charge is -2.05. The minimum absolute atomic E-state index is 0.349. The molecule has 5 heteroatoms. The molecule has 0 heterocycles. The highest BCUT2D eigenvalue weighted by molar-refractivity contribution is 6.28. The van der Waals surface area contributed by atoms with Crippen LogP contribution in [0.1, 0.15) is 11.1 Å². The molecule has 0 aliphatic carbocycles. The van der Waals surface area contributed by atoms with Crippen LogP contribution in [0.3, 0.4) is 0 Å². The van der Waals surface area contributed by atoms with Crippen molar-refractivity contribution in [3.8, 4) is 11.8 Å². The van der Waals surface area contributed by atoms with Gasteiger partial charge >= 0.3 is 6.18 Å². The average Bonchev–Trinajstić information content (AvgIpc) is 2.16. The van der Waals surface area contributed by atoms with Crippen molar-refractivity contribution >= 4 is 11.6 Å². The molecule has 0 unspecified atom stereocenters. The maximum Gasteiger partial charge on any atom is 0.416 e. The van der Waals surface area contributed by atoms with E-state index in [2.05, 4.69) is 11.8 Å². The molecule has 0 saturated heterocycles. The van der Waals surface area contributed by atoms with Crippen LogP contribution in [0.5, 0.6) is 0 Å². The van der Waals surface area contributed by atoms with Crippen LogP contribution < -0.4 is 0 Å². The first-order valence-corrected chi connectivity index (χ1v) is 4.47. The Kier molecular flexibility index (Phi) is 3.97. The second-order valence-corrected chi connectivity index (χ2v) is 3.14. The standard InChI is InChI=1S/C11H5ClF4/c12-10(13)3-1-2-8-4-6-9(7-5-8)11(14,15)16/h3-7H/b10-3-. The van der Waals surface area contributed by atoms with Crippen molar-refractivity contribution in [3.05, 3.63) is 46.8 Å². The normalized spacial score (nSPS) is 11.9. The van der Waals surface area contributed by atoms with Crippen LogP contribution in [0.4, 0.5) is 17.6 Å². The molecule has 1 rings (SSSR count). The zero-order chi connectivity index (χ0) is 12.2. The van der Waals surface area contributed by atoms with E-state index in [1.807, 2.05) is 0 Å². The van der Waals surface area contributed by atoms with Crippen LogP contribution in [0.25, 0.3) is 0 Å². The number of halogens is 5. The third kappa shape index (κ3) is 3.95. The molecule has 0 bridgehead atoms. The molecule has 1 aromatic rings. The zero-order valence-electron chi connectivity index (χ0n) is 7.78. The minimum Gasteiger partial charge on any atom is -0.193 e. The zero-order valence-corrected chi connectivity index (χ0v) is 8.53. The van der Waals surface area contributed by atoms with Gasteiger partial charge in [0.1, 0.15) is 0 Å². The predicted molar refractivity (Wildman–Crippen MR) is 53.4 cm³/mol. The van der Waals surface area contributed by atoms with Crippen LogP contribution in [-0.4, -0.2) is 0 Å². The van der Waals surface area contributed by atoms with E-state index in [-0.39, 0.29) is 0 Å². The van der Waals surface area contributed by atoms with Crippen LogP contribution >= 0.6 is 11.6 Å². The van der Waals surface area contributed by atoms with Gasteiger partial charge < -0.3 is 0 Å². The molecule has 0 nitrogen and oxygen atoms in total. The molecule has 1 aromatic carbocycles. The molecular formula is C11H5ClF4. The van der Waals surface area contributed by atoms with Crippen molar-refractivity contribution in [2.75, 3.05) is 0 Å². The third-order valence-corrected chi connectivity index (χ3v) is 1.72. The second kappa shape index (κ2) is 5.04. The lowest BCUT2D eigenvalue weighted by molar-refractivity contribution is -0.137. The molecule has 0 aromatic heterocycles. The van der Waals surface area contributed by atoms with Gasteiger partial charge in [-0.3, -0.25) is 0 Å². The topological polar surface area (TPSA) is 0 Å². The summed E-state index contributed by atoms with van der Waals surface area (Å²) in [5.41, 5.74) is -0.403. The van der Waals surface area contributed by atoms with Gasteiger partial charge in [0.2, 0.25) is 0 Å². The molecule has 16 heavy (non-hydrogen) atoms. The van der Waals surface area contributed by atoms with Crippen molar-refractivity contribution in [2.45, 2.75) is 6.18 Å². The lowest BCUT2D eigenvalue weighted by atomic mass is 10.1. The Balaban J connectivity index is 2.87. The van der Waals surface area contributed by atoms with Crippen LogP contribution in [0.2, 0.25) is 0 Å². The van der Waals surface area contributed by atoms with E-state index in [0.717, 1.165) is 18.2 Å². The fraction of sp³-hybridized carbons (Fsp3) is 0.0909. The fourth-order valence-corrected chi connectivity index (χ4v) is 0.971. The largest absolute Gasteiger partial charge is 0.416 e. The summed E-state index contributed by atoms with van der Waals surface area (Å²) in [5.74, 6) is 4.70. The highest BCUT2D eigenvalue weighted by Crippen LogP contribution is 2.28. The molecule has 0 radical (unpaired) electrons. The molecule has 0 aliphatic rings. The van der Waals surface area contributed by atoms with E-state index < -0.39 is 17.0 Å². The van der Waals surface area contributed by atoms with Crippen molar-refractivity contribution < 1.29 is 17.6 Å².